The van der Waals surface area contributed by atoms with Gasteiger partial charge in [0.2, 0.25) is 5.75 Å². The van der Waals surface area contributed by atoms with Gasteiger partial charge in [0.1, 0.15) is 19.8 Å². The number of morpholine rings is 1. The van der Waals surface area contributed by atoms with E-state index in [-0.39, 0.29) is 12.4 Å². The minimum absolute atomic E-state index is 0. The van der Waals surface area contributed by atoms with Crippen molar-refractivity contribution >= 4 is 0 Å². The van der Waals surface area contributed by atoms with Crippen LogP contribution < -0.4 is 26.6 Å². The third-order valence-corrected chi connectivity index (χ3v) is 3.68. The van der Waals surface area contributed by atoms with Crippen LogP contribution in [-0.4, -0.2) is 57.1 Å². The molecule has 2 aliphatic rings. The molecule has 118 valence electrons. The van der Waals surface area contributed by atoms with Crippen LogP contribution >= 0.6 is 0 Å². The summed E-state index contributed by atoms with van der Waals surface area (Å²) in [5.41, 5.74) is 0. The minimum atomic E-state index is 0. The van der Waals surface area contributed by atoms with Gasteiger partial charge in [-0.05, 0) is 19.1 Å². The third-order valence-electron chi connectivity index (χ3n) is 3.68. The van der Waals surface area contributed by atoms with E-state index in [0.29, 0.717) is 25.9 Å². The predicted octanol–water partition coefficient (Wildman–Crippen LogP) is -1.44. The molecule has 1 atom stereocenters. The summed E-state index contributed by atoms with van der Waals surface area (Å²) < 4.78 is 22.5. The van der Waals surface area contributed by atoms with Gasteiger partial charge in [-0.25, -0.2) is 0 Å². The van der Waals surface area contributed by atoms with E-state index in [2.05, 4.69) is 11.8 Å². The van der Waals surface area contributed by atoms with Gasteiger partial charge in [-0.1, -0.05) is 6.07 Å². The van der Waals surface area contributed by atoms with Crippen molar-refractivity contribution in [1.29, 1.82) is 0 Å². The van der Waals surface area contributed by atoms with Crippen molar-refractivity contribution in [2.45, 2.75) is 13.0 Å². The molecule has 1 aromatic carbocycles. The van der Waals surface area contributed by atoms with Crippen LogP contribution in [0.15, 0.2) is 18.2 Å². The molecule has 2 heterocycles. The third kappa shape index (κ3) is 3.93. The molecular formula is C15H21ClNO4-. The first kappa shape index (κ1) is 16.2. The first-order valence-electron chi connectivity index (χ1n) is 7.18. The summed E-state index contributed by atoms with van der Waals surface area (Å²) in [7, 11) is 0. The van der Waals surface area contributed by atoms with E-state index in [4.69, 9.17) is 18.9 Å². The standard InChI is InChI=1S/C15H21NO4.ClH/c1-12(16-5-7-17-8-6-16)11-20-14-4-2-3-13-15(14)19-10-9-18-13;/h2-4,12H,5-11H2,1H3;1H/p-1. The molecule has 0 radical (unpaired) electrons. The molecule has 0 bridgehead atoms. The quantitative estimate of drug-likeness (QED) is 0.681. The van der Waals surface area contributed by atoms with E-state index in [1.807, 2.05) is 18.2 Å². The van der Waals surface area contributed by atoms with Crippen molar-refractivity contribution in [3.8, 4) is 17.2 Å². The average molecular weight is 315 g/mol. The maximum atomic E-state index is 5.93. The van der Waals surface area contributed by atoms with Gasteiger partial charge < -0.3 is 31.4 Å². The molecule has 1 unspecified atom stereocenters. The van der Waals surface area contributed by atoms with Crippen LogP contribution in [0.25, 0.3) is 0 Å². The lowest BCUT2D eigenvalue weighted by Crippen LogP contribution is -3.00. The van der Waals surface area contributed by atoms with Crippen LogP contribution in [0.5, 0.6) is 17.2 Å². The summed E-state index contributed by atoms with van der Waals surface area (Å²) in [5.74, 6) is 2.27. The maximum Gasteiger partial charge on any atom is 0.203 e. The van der Waals surface area contributed by atoms with Gasteiger partial charge in [0, 0.05) is 19.1 Å². The lowest BCUT2D eigenvalue weighted by Gasteiger charge is -2.32. The molecule has 6 heteroatoms. The Kier molecular flexibility index (Phi) is 5.96. The van der Waals surface area contributed by atoms with E-state index in [0.717, 1.165) is 43.6 Å². The van der Waals surface area contributed by atoms with Crippen molar-refractivity contribution < 1.29 is 31.4 Å². The summed E-state index contributed by atoms with van der Waals surface area (Å²) in [6, 6.07) is 6.13. The number of halogens is 1. The van der Waals surface area contributed by atoms with Crippen LogP contribution in [0.4, 0.5) is 0 Å². The van der Waals surface area contributed by atoms with Crippen molar-refractivity contribution in [3.63, 3.8) is 0 Å². The molecule has 0 aromatic heterocycles. The van der Waals surface area contributed by atoms with Crippen molar-refractivity contribution in [3.05, 3.63) is 18.2 Å². The van der Waals surface area contributed by atoms with E-state index >= 15 is 0 Å². The van der Waals surface area contributed by atoms with Crippen LogP contribution in [0, 0.1) is 0 Å². The zero-order chi connectivity index (χ0) is 13.8. The number of nitrogens with zero attached hydrogens (tertiary/aromatic N) is 1. The first-order valence-corrected chi connectivity index (χ1v) is 7.18. The van der Waals surface area contributed by atoms with Gasteiger partial charge in [-0.2, -0.15) is 0 Å². The van der Waals surface area contributed by atoms with E-state index in [1.165, 1.54) is 0 Å². The molecule has 3 rings (SSSR count). The Morgan fingerprint density at radius 1 is 1.14 bits per heavy atom. The normalized spacial score (nSPS) is 19.5. The molecule has 0 spiro atoms. The summed E-state index contributed by atoms with van der Waals surface area (Å²) >= 11 is 0. The summed E-state index contributed by atoms with van der Waals surface area (Å²) in [6.45, 7) is 7.54. The fourth-order valence-corrected chi connectivity index (χ4v) is 2.49. The number of hydrogen-bond donors (Lipinski definition) is 0. The van der Waals surface area contributed by atoms with Crippen LogP contribution in [0.2, 0.25) is 0 Å². The number of rotatable bonds is 4. The Morgan fingerprint density at radius 3 is 2.71 bits per heavy atom. The molecular weight excluding hydrogens is 294 g/mol. The molecule has 0 amide bonds. The maximum absolute atomic E-state index is 5.93. The van der Waals surface area contributed by atoms with Gasteiger partial charge in [0.15, 0.2) is 11.5 Å². The average Bonchev–Trinajstić information content (AvgIpc) is 2.53. The Labute approximate surface area is 131 Å². The monoisotopic (exact) mass is 314 g/mol. The number of benzene rings is 1. The highest BCUT2D eigenvalue weighted by Crippen LogP contribution is 2.38. The minimum Gasteiger partial charge on any atom is -1.00 e. The van der Waals surface area contributed by atoms with E-state index in [1.54, 1.807) is 0 Å². The fraction of sp³-hybridized carbons (Fsp3) is 0.600. The van der Waals surface area contributed by atoms with Crippen LogP contribution in [-0.2, 0) is 4.74 Å². The SMILES string of the molecule is CC(COc1cccc2c1OCCO2)N1CCOCC1.[Cl-]. The highest BCUT2D eigenvalue weighted by atomic mass is 35.5. The molecule has 0 saturated carbocycles. The van der Waals surface area contributed by atoms with Gasteiger partial charge in [-0.3, -0.25) is 4.90 Å². The number of ether oxygens (including phenoxy) is 4. The predicted molar refractivity (Wildman–Crippen MR) is 74.8 cm³/mol. The molecule has 2 aliphatic heterocycles. The largest absolute Gasteiger partial charge is 1.00 e. The lowest BCUT2D eigenvalue weighted by atomic mass is 10.2. The molecule has 0 aliphatic carbocycles. The molecule has 21 heavy (non-hydrogen) atoms. The molecule has 1 fully saturated rings. The topological polar surface area (TPSA) is 40.2 Å². The lowest BCUT2D eigenvalue weighted by molar-refractivity contribution is -0.00000912. The Balaban J connectivity index is 0.00000161. The second-order valence-corrected chi connectivity index (χ2v) is 5.09. The number of hydrogen-bond acceptors (Lipinski definition) is 5. The van der Waals surface area contributed by atoms with Crippen molar-refractivity contribution in [2.24, 2.45) is 0 Å². The van der Waals surface area contributed by atoms with Crippen molar-refractivity contribution in [2.75, 3.05) is 46.1 Å². The number of para-hydroxylation sites is 1. The van der Waals surface area contributed by atoms with Gasteiger partial charge >= 0.3 is 0 Å². The zero-order valence-electron chi connectivity index (χ0n) is 12.2. The van der Waals surface area contributed by atoms with Crippen LogP contribution in [0.3, 0.4) is 0 Å². The molecule has 1 saturated heterocycles. The smallest absolute Gasteiger partial charge is 0.203 e. The van der Waals surface area contributed by atoms with Gasteiger partial charge in [0.05, 0.1) is 13.2 Å². The Hall–Kier alpha value is -1.17. The summed E-state index contributed by atoms with van der Waals surface area (Å²) in [4.78, 5) is 2.39. The second-order valence-electron chi connectivity index (χ2n) is 5.09. The summed E-state index contributed by atoms with van der Waals surface area (Å²) in [6.07, 6.45) is 0. The Morgan fingerprint density at radius 2 is 1.90 bits per heavy atom. The zero-order valence-corrected chi connectivity index (χ0v) is 13.0. The first-order chi connectivity index (χ1) is 9.84. The molecule has 5 nitrogen and oxygen atoms in total. The molecule has 0 N–H and O–H groups in total. The number of fused-ring (bicyclic) bond motifs is 1. The Bertz CT molecular complexity index is 451. The fourth-order valence-electron chi connectivity index (χ4n) is 2.49. The molecule has 1 aromatic rings. The highest BCUT2D eigenvalue weighted by Gasteiger charge is 2.20. The second kappa shape index (κ2) is 7.73. The van der Waals surface area contributed by atoms with Crippen LogP contribution in [0.1, 0.15) is 6.92 Å². The van der Waals surface area contributed by atoms with Gasteiger partial charge in [0.25, 0.3) is 0 Å². The van der Waals surface area contributed by atoms with Crippen molar-refractivity contribution in [1.82, 2.24) is 4.90 Å². The highest BCUT2D eigenvalue weighted by molar-refractivity contribution is 5.51. The van der Waals surface area contributed by atoms with Gasteiger partial charge in [-0.15, -0.1) is 0 Å². The van der Waals surface area contributed by atoms with E-state index in [9.17, 15) is 0 Å². The van der Waals surface area contributed by atoms with E-state index < -0.39 is 0 Å². The summed E-state index contributed by atoms with van der Waals surface area (Å²) in [5, 5.41) is 0.